The Morgan fingerprint density at radius 2 is 2.06 bits per heavy atom. The second-order valence-corrected chi connectivity index (χ2v) is 5.43. The van der Waals surface area contributed by atoms with E-state index < -0.39 is 0 Å². The molecule has 2 N–H and O–H groups in total. The van der Waals surface area contributed by atoms with Crippen LogP contribution in [0.4, 0.5) is 4.39 Å². The highest BCUT2D eigenvalue weighted by atomic mass is 79.9. The zero-order valence-electron chi connectivity index (χ0n) is 9.93. The van der Waals surface area contributed by atoms with Crippen LogP contribution in [-0.4, -0.2) is 13.7 Å². The van der Waals surface area contributed by atoms with Gasteiger partial charge in [-0.2, -0.15) is 0 Å². The van der Waals surface area contributed by atoms with E-state index in [1.807, 2.05) is 6.07 Å². The fourth-order valence-electron chi connectivity index (χ4n) is 2.73. The van der Waals surface area contributed by atoms with Gasteiger partial charge in [-0.15, -0.1) is 0 Å². The number of hydrogen-bond acceptors (Lipinski definition) is 2. The van der Waals surface area contributed by atoms with Crippen molar-refractivity contribution in [1.82, 2.24) is 0 Å². The molecule has 0 radical (unpaired) electrons. The van der Waals surface area contributed by atoms with Crippen molar-refractivity contribution in [1.29, 1.82) is 0 Å². The highest BCUT2D eigenvalue weighted by Gasteiger charge is 2.37. The van der Waals surface area contributed by atoms with Crippen molar-refractivity contribution >= 4 is 15.9 Å². The summed E-state index contributed by atoms with van der Waals surface area (Å²) < 4.78 is 19.8. The molecule has 0 saturated heterocycles. The number of methoxy groups -OCH3 is 1. The normalized spacial score (nSPS) is 18.4. The van der Waals surface area contributed by atoms with E-state index in [9.17, 15) is 4.39 Å². The lowest BCUT2D eigenvalue weighted by Crippen LogP contribution is -2.33. The first-order valence-electron chi connectivity index (χ1n) is 5.87. The van der Waals surface area contributed by atoms with Crippen LogP contribution in [0.2, 0.25) is 0 Å². The first-order chi connectivity index (χ1) is 8.14. The molecule has 1 aliphatic carbocycles. The van der Waals surface area contributed by atoms with Gasteiger partial charge in [0.1, 0.15) is 11.6 Å². The van der Waals surface area contributed by atoms with Gasteiger partial charge in [0.05, 0.1) is 11.6 Å². The van der Waals surface area contributed by atoms with Crippen LogP contribution in [0.25, 0.3) is 0 Å². The molecule has 17 heavy (non-hydrogen) atoms. The van der Waals surface area contributed by atoms with E-state index in [-0.39, 0.29) is 11.2 Å². The van der Waals surface area contributed by atoms with E-state index >= 15 is 0 Å². The molecule has 1 aromatic rings. The van der Waals surface area contributed by atoms with Gasteiger partial charge >= 0.3 is 0 Å². The molecule has 2 nitrogen and oxygen atoms in total. The average molecular weight is 302 g/mol. The third-order valence-corrected chi connectivity index (χ3v) is 4.53. The second-order valence-electron chi connectivity index (χ2n) is 4.63. The van der Waals surface area contributed by atoms with Crippen molar-refractivity contribution in [3.8, 4) is 5.75 Å². The van der Waals surface area contributed by atoms with Crippen molar-refractivity contribution in [2.75, 3.05) is 13.7 Å². The topological polar surface area (TPSA) is 35.2 Å². The lowest BCUT2D eigenvalue weighted by atomic mass is 9.78. The van der Waals surface area contributed by atoms with Crippen molar-refractivity contribution < 1.29 is 9.13 Å². The predicted octanol–water partition coefficient (Wildman–Crippen LogP) is 3.37. The molecular formula is C13H17BrFNO. The summed E-state index contributed by atoms with van der Waals surface area (Å²) in [6.45, 7) is 0.503. The Kier molecular flexibility index (Phi) is 3.73. The van der Waals surface area contributed by atoms with Crippen LogP contribution in [0.5, 0.6) is 5.75 Å². The lowest BCUT2D eigenvalue weighted by molar-refractivity contribution is 0.396. The number of hydrogen-bond donors (Lipinski definition) is 1. The lowest BCUT2D eigenvalue weighted by Gasteiger charge is -2.28. The van der Waals surface area contributed by atoms with Gasteiger partial charge < -0.3 is 10.5 Å². The number of halogens is 2. The Hall–Kier alpha value is -0.610. The molecule has 0 atom stereocenters. The van der Waals surface area contributed by atoms with Gasteiger partial charge in [0.25, 0.3) is 0 Å². The van der Waals surface area contributed by atoms with Crippen LogP contribution < -0.4 is 10.5 Å². The molecule has 0 unspecified atom stereocenters. The Morgan fingerprint density at radius 1 is 1.41 bits per heavy atom. The molecule has 0 amide bonds. The number of nitrogens with two attached hydrogens (primary N) is 1. The van der Waals surface area contributed by atoms with E-state index in [4.69, 9.17) is 10.5 Å². The molecule has 1 aromatic carbocycles. The zero-order chi connectivity index (χ0) is 12.5. The van der Waals surface area contributed by atoms with Gasteiger partial charge in [-0.25, -0.2) is 4.39 Å². The van der Waals surface area contributed by atoms with E-state index in [0.717, 1.165) is 31.2 Å². The largest absolute Gasteiger partial charge is 0.495 e. The molecule has 1 saturated carbocycles. The van der Waals surface area contributed by atoms with Crippen LogP contribution >= 0.6 is 15.9 Å². The SMILES string of the molecule is COc1ccc(C2(CN)CCCC2)c(F)c1Br. The summed E-state index contributed by atoms with van der Waals surface area (Å²) >= 11 is 3.25. The fourth-order valence-corrected chi connectivity index (χ4v) is 3.24. The van der Waals surface area contributed by atoms with E-state index in [1.54, 1.807) is 6.07 Å². The Labute approximate surface area is 109 Å². The monoisotopic (exact) mass is 301 g/mol. The third-order valence-electron chi connectivity index (χ3n) is 3.79. The minimum absolute atomic E-state index is 0.182. The summed E-state index contributed by atoms with van der Waals surface area (Å²) in [6, 6.07) is 3.62. The summed E-state index contributed by atoms with van der Waals surface area (Å²) in [6.07, 6.45) is 4.19. The molecule has 0 aliphatic heterocycles. The molecule has 2 rings (SSSR count). The van der Waals surface area contributed by atoms with Gasteiger partial charge in [0.2, 0.25) is 0 Å². The minimum atomic E-state index is -0.225. The van der Waals surface area contributed by atoms with E-state index in [1.165, 1.54) is 7.11 Å². The second kappa shape index (κ2) is 4.94. The van der Waals surface area contributed by atoms with Crippen LogP contribution in [-0.2, 0) is 5.41 Å². The minimum Gasteiger partial charge on any atom is -0.495 e. The highest BCUT2D eigenvalue weighted by Crippen LogP contribution is 2.44. The molecule has 94 valence electrons. The van der Waals surface area contributed by atoms with E-state index in [0.29, 0.717) is 16.8 Å². The molecule has 1 fully saturated rings. The van der Waals surface area contributed by atoms with Crippen molar-refractivity contribution in [2.24, 2.45) is 5.73 Å². The standard InChI is InChI=1S/C13H17BrFNO/c1-17-10-5-4-9(12(15)11(10)14)13(8-16)6-2-3-7-13/h4-5H,2-3,6-8,16H2,1H3. The quantitative estimate of drug-likeness (QED) is 0.929. The third kappa shape index (κ3) is 2.08. The zero-order valence-corrected chi connectivity index (χ0v) is 11.5. The van der Waals surface area contributed by atoms with Gasteiger partial charge in [-0.05, 0) is 40.4 Å². The summed E-state index contributed by atoms with van der Waals surface area (Å²) in [5, 5.41) is 0. The van der Waals surface area contributed by atoms with Crippen LogP contribution in [0.15, 0.2) is 16.6 Å². The van der Waals surface area contributed by atoms with Crippen molar-refractivity contribution in [3.05, 3.63) is 28.0 Å². The van der Waals surface area contributed by atoms with E-state index in [2.05, 4.69) is 15.9 Å². The number of rotatable bonds is 3. The molecule has 0 heterocycles. The molecular weight excluding hydrogens is 285 g/mol. The predicted molar refractivity (Wildman–Crippen MR) is 69.9 cm³/mol. The van der Waals surface area contributed by atoms with Crippen molar-refractivity contribution in [2.45, 2.75) is 31.1 Å². The van der Waals surface area contributed by atoms with Crippen molar-refractivity contribution in [3.63, 3.8) is 0 Å². The Bertz CT molecular complexity index is 416. The van der Waals surface area contributed by atoms with Crippen LogP contribution in [0.3, 0.4) is 0 Å². The fraction of sp³-hybridized carbons (Fsp3) is 0.538. The molecule has 0 bridgehead atoms. The van der Waals surface area contributed by atoms with Crippen LogP contribution in [0.1, 0.15) is 31.2 Å². The maximum Gasteiger partial charge on any atom is 0.144 e. The molecule has 0 spiro atoms. The van der Waals surface area contributed by atoms with Gasteiger partial charge in [0, 0.05) is 12.0 Å². The summed E-state index contributed by atoms with van der Waals surface area (Å²) in [5.41, 5.74) is 6.42. The van der Waals surface area contributed by atoms with Gasteiger partial charge in [-0.3, -0.25) is 0 Å². The first-order valence-corrected chi connectivity index (χ1v) is 6.66. The van der Waals surface area contributed by atoms with Gasteiger partial charge in [-0.1, -0.05) is 18.9 Å². The molecule has 1 aliphatic rings. The van der Waals surface area contributed by atoms with Gasteiger partial charge in [0.15, 0.2) is 0 Å². The maximum absolute atomic E-state index is 14.4. The number of ether oxygens (including phenoxy) is 1. The summed E-state index contributed by atoms with van der Waals surface area (Å²) in [5.74, 6) is 0.299. The average Bonchev–Trinajstić information content (AvgIpc) is 2.82. The molecule has 4 heteroatoms. The maximum atomic E-state index is 14.4. The highest BCUT2D eigenvalue weighted by molar-refractivity contribution is 9.10. The molecule has 0 aromatic heterocycles. The summed E-state index contributed by atoms with van der Waals surface area (Å²) in [7, 11) is 1.54. The van der Waals surface area contributed by atoms with Crippen LogP contribution in [0, 0.1) is 5.82 Å². The smallest absolute Gasteiger partial charge is 0.144 e. The Balaban J connectivity index is 2.48. The Morgan fingerprint density at radius 3 is 2.59 bits per heavy atom. The summed E-state index contributed by atoms with van der Waals surface area (Å²) in [4.78, 5) is 0. The number of benzene rings is 1. The first kappa shape index (κ1) is 12.8.